The van der Waals surface area contributed by atoms with Gasteiger partial charge in [0.25, 0.3) is 0 Å². The number of hydrogen-bond donors (Lipinski definition) is 1. The minimum Gasteiger partial charge on any atom is -0.445 e. The summed E-state index contributed by atoms with van der Waals surface area (Å²) < 4.78 is 8.70. The molecule has 1 aliphatic rings. The number of carbonyl (C=O) groups excluding carboxylic acids is 1. The highest BCUT2D eigenvalue weighted by molar-refractivity contribution is 6.01. The van der Waals surface area contributed by atoms with E-state index in [4.69, 9.17) is 10.5 Å². The Morgan fingerprint density at radius 2 is 1.67 bits per heavy atom. The summed E-state index contributed by atoms with van der Waals surface area (Å²) >= 11 is 0. The maximum absolute atomic E-state index is 13.3. The molecule has 0 saturated heterocycles. The fourth-order valence-corrected chi connectivity index (χ4v) is 5.90. The SMILES string of the molecule is CCc1c(-c2ccccc2)c(N)cc2c1C(CC)(c1c(C)n(CC)c3ccccc13)OC2=O. The van der Waals surface area contributed by atoms with E-state index in [1.165, 1.54) is 5.52 Å². The van der Waals surface area contributed by atoms with Crippen molar-refractivity contribution in [2.24, 2.45) is 0 Å². The number of rotatable bonds is 5. The van der Waals surface area contributed by atoms with Crippen molar-refractivity contribution < 1.29 is 9.53 Å². The normalized spacial score (nSPS) is 17.4. The number of nitrogens with two attached hydrogens (primary N) is 1. The zero-order valence-electron chi connectivity index (χ0n) is 19.7. The van der Waals surface area contributed by atoms with Crippen molar-refractivity contribution in [3.8, 4) is 11.1 Å². The minimum atomic E-state index is -0.848. The van der Waals surface area contributed by atoms with Gasteiger partial charge in [0.15, 0.2) is 5.60 Å². The van der Waals surface area contributed by atoms with Crippen LogP contribution in [-0.4, -0.2) is 10.5 Å². The molecule has 0 bridgehead atoms. The largest absolute Gasteiger partial charge is 0.445 e. The van der Waals surface area contributed by atoms with Gasteiger partial charge in [-0.05, 0) is 49.9 Å². The molecule has 0 saturated carbocycles. The van der Waals surface area contributed by atoms with Crippen molar-refractivity contribution in [2.75, 3.05) is 5.73 Å². The third kappa shape index (κ3) is 2.86. The lowest BCUT2D eigenvalue weighted by molar-refractivity contribution is 0.00925. The quantitative estimate of drug-likeness (QED) is 0.282. The average molecular weight is 439 g/mol. The van der Waals surface area contributed by atoms with Gasteiger partial charge in [-0.2, -0.15) is 0 Å². The van der Waals surface area contributed by atoms with Crippen molar-refractivity contribution in [2.45, 2.75) is 52.7 Å². The third-order valence-electron chi connectivity index (χ3n) is 7.22. The molecule has 1 aliphatic heterocycles. The fraction of sp³-hybridized carbons (Fsp3) is 0.276. The molecule has 1 atom stereocenters. The summed E-state index contributed by atoms with van der Waals surface area (Å²) in [6.07, 6.45) is 1.40. The van der Waals surface area contributed by atoms with Crippen molar-refractivity contribution in [3.63, 3.8) is 0 Å². The van der Waals surface area contributed by atoms with Crippen LogP contribution in [0, 0.1) is 6.92 Å². The van der Waals surface area contributed by atoms with Crippen LogP contribution < -0.4 is 5.73 Å². The molecule has 0 amide bonds. The number of cyclic esters (lactones) is 1. The Balaban J connectivity index is 1.91. The van der Waals surface area contributed by atoms with Crippen LogP contribution in [0.4, 0.5) is 5.69 Å². The topological polar surface area (TPSA) is 57.2 Å². The molecule has 4 aromatic rings. The number of fused-ring (bicyclic) bond motifs is 2. The van der Waals surface area contributed by atoms with E-state index in [9.17, 15) is 4.79 Å². The second-order valence-electron chi connectivity index (χ2n) is 8.75. The second kappa shape index (κ2) is 7.80. The van der Waals surface area contributed by atoms with Gasteiger partial charge in [-0.15, -0.1) is 0 Å². The summed E-state index contributed by atoms with van der Waals surface area (Å²) in [5, 5.41) is 1.14. The first kappa shape index (κ1) is 21.3. The molecular weight excluding hydrogens is 408 g/mol. The van der Waals surface area contributed by atoms with Crippen LogP contribution in [0.2, 0.25) is 0 Å². The molecule has 33 heavy (non-hydrogen) atoms. The number of para-hydroxylation sites is 1. The van der Waals surface area contributed by atoms with Crippen LogP contribution in [0.5, 0.6) is 0 Å². The first-order chi connectivity index (χ1) is 16.0. The van der Waals surface area contributed by atoms with Crippen LogP contribution in [-0.2, 0) is 23.3 Å². The molecule has 168 valence electrons. The first-order valence-corrected chi connectivity index (χ1v) is 11.8. The summed E-state index contributed by atoms with van der Waals surface area (Å²) in [6, 6.07) is 20.5. The maximum Gasteiger partial charge on any atom is 0.339 e. The lowest BCUT2D eigenvalue weighted by Crippen LogP contribution is -2.29. The predicted octanol–water partition coefficient (Wildman–Crippen LogP) is 6.61. The van der Waals surface area contributed by atoms with E-state index in [0.717, 1.165) is 51.9 Å². The summed E-state index contributed by atoms with van der Waals surface area (Å²) in [5.41, 5.74) is 14.5. The van der Waals surface area contributed by atoms with Crippen molar-refractivity contribution in [1.29, 1.82) is 0 Å². The van der Waals surface area contributed by atoms with Crippen LogP contribution >= 0.6 is 0 Å². The molecule has 1 aromatic heterocycles. The van der Waals surface area contributed by atoms with Gasteiger partial charge >= 0.3 is 5.97 Å². The van der Waals surface area contributed by atoms with E-state index in [0.29, 0.717) is 17.7 Å². The number of ether oxygens (including phenoxy) is 1. The molecular formula is C29H30N2O2. The molecule has 1 unspecified atom stereocenters. The molecule has 0 spiro atoms. The van der Waals surface area contributed by atoms with E-state index in [1.807, 2.05) is 24.3 Å². The van der Waals surface area contributed by atoms with Gasteiger partial charge in [-0.3, -0.25) is 0 Å². The number of anilines is 1. The Morgan fingerprint density at radius 3 is 2.33 bits per heavy atom. The van der Waals surface area contributed by atoms with Crippen LogP contribution in [0.3, 0.4) is 0 Å². The van der Waals surface area contributed by atoms with E-state index >= 15 is 0 Å². The van der Waals surface area contributed by atoms with Crippen LogP contribution in [0.25, 0.3) is 22.0 Å². The minimum absolute atomic E-state index is 0.291. The Kier molecular flexibility index (Phi) is 5.04. The van der Waals surface area contributed by atoms with Gasteiger partial charge in [0, 0.05) is 45.5 Å². The number of nitrogens with zero attached hydrogens (tertiary/aromatic N) is 1. The standard InChI is InChI=1S/C29H30N2O2/c1-5-20-25(19-13-9-8-10-14-19)23(30)17-22-27(20)29(6-2,33-28(22)32)26-18(4)31(7-3)24-16-12-11-15-21(24)26/h8-17H,5-7,30H2,1-4H3. The zero-order valence-corrected chi connectivity index (χ0v) is 19.7. The summed E-state index contributed by atoms with van der Waals surface area (Å²) in [5.74, 6) is -0.291. The third-order valence-corrected chi connectivity index (χ3v) is 7.22. The number of aromatic nitrogens is 1. The molecule has 4 heteroatoms. The average Bonchev–Trinajstić information content (AvgIpc) is 3.29. The second-order valence-corrected chi connectivity index (χ2v) is 8.75. The van der Waals surface area contributed by atoms with Crippen molar-refractivity contribution in [1.82, 2.24) is 4.57 Å². The maximum atomic E-state index is 13.3. The molecule has 2 N–H and O–H groups in total. The highest BCUT2D eigenvalue weighted by Gasteiger charge is 2.50. The predicted molar refractivity (Wildman–Crippen MR) is 135 cm³/mol. The van der Waals surface area contributed by atoms with Gasteiger partial charge in [0.2, 0.25) is 0 Å². The smallest absolute Gasteiger partial charge is 0.339 e. The zero-order chi connectivity index (χ0) is 23.3. The molecule has 4 nitrogen and oxygen atoms in total. The molecule has 5 rings (SSSR count). The van der Waals surface area contributed by atoms with Crippen molar-refractivity contribution in [3.05, 3.63) is 88.6 Å². The van der Waals surface area contributed by atoms with Crippen LogP contribution in [0.1, 0.15) is 59.9 Å². The van der Waals surface area contributed by atoms with E-state index in [2.05, 4.69) is 68.7 Å². The number of nitrogen functional groups attached to an aromatic ring is 1. The summed E-state index contributed by atoms with van der Waals surface area (Å²) in [7, 11) is 0. The first-order valence-electron chi connectivity index (χ1n) is 11.8. The van der Waals surface area contributed by atoms with Gasteiger partial charge in [0.05, 0.1) is 5.56 Å². The highest BCUT2D eigenvalue weighted by atomic mass is 16.6. The Labute approximate surface area is 195 Å². The van der Waals surface area contributed by atoms with Gasteiger partial charge in [-0.1, -0.05) is 62.4 Å². The monoisotopic (exact) mass is 438 g/mol. The molecule has 0 fully saturated rings. The van der Waals surface area contributed by atoms with Crippen LogP contribution in [0.15, 0.2) is 60.7 Å². The lowest BCUT2D eigenvalue weighted by Gasteiger charge is -2.31. The van der Waals surface area contributed by atoms with Crippen molar-refractivity contribution >= 4 is 22.6 Å². The molecule has 0 radical (unpaired) electrons. The fourth-order valence-electron chi connectivity index (χ4n) is 5.90. The van der Waals surface area contributed by atoms with Gasteiger partial charge in [0.1, 0.15) is 0 Å². The van der Waals surface area contributed by atoms with Gasteiger partial charge < -0.3 is 15.0 Å². The summed E-state index contributed by atoms with van der Waals surface area (Å²) in [4.78, 5) is 13.3. The van der Waals surface area contributed by atoms with Gasteiger partial charge in [-0.25, -0.2) is 4.79 Å². The van der Waals surface area contributed by atoms with E-state index < -0.39 is 5.60 Å². The molecule has 2 heterocycles. The Morgan fingerprint density at radius 1 is 0.970 bits per heavy atom. The van der Waals surface area contributed by atoms with E-state index in [1.54, 1.807) is 0 Å². The highest BCUT2D eigenvalue weighted by Crippen LogP contribution is 2.52. The number of esters is 1. The Hall–Kier alpha value is -3.53. The number of carbonyl (C=O) groups is 1. The number of hydrogen-bond acceptors (Lipinski definition) is 3. The number of aryl methyl sites for hydroxylation is 1. The molecule has 3 aromatic carbocycles. The lowest BCUT2D eigenvalue weighted by atomic mass is 9.76. The number of benzene rings is 3. The molecule has 0 aliphatic carbocycles. The summed E-state index contributed by atoms with van der Waals surface area (Å²) in [6.45, 7) is 9.39. The Bertz CT molecular complexity index is 1380. The van der Waals surface area contributed by atoms with E-state index in [-0.39, 0.29) is 5.97 Å².